The van der Waals surface area contributed by atoms with Crippen molar-refractivity contribution in [1.29, 1.82) is 0 Å². The van der Waals surface area contributed by atoms with E-state index in [-0.39, 0.29) is 30.6 Å². The van der Waals surface area contributed by atoms with Gasteiger partial charge in [-0.2, -0.15) is 0 Å². The topological polar surface area (TPSA) is 66.9 Å². The molecule has 0 radical (unpaired) electrons. The highest BCUT2D eigenvalue weighted by atomic mass is 16.5. The van der Waals surface area contributed by atoms with Crippen molar-refractivity contribution >= 4 is 17.8 Å². The van der Waals surface area contributed by atoms with E-state index in [1.807, 2.05) is 25.7 Å². The Morgan fingerprint density at radius 1 is 0.952 bits per heavy atom. The maximum atomic E-state index is 12.3. The zero-order valence-electron chi connectivity index (χ0n) is 13.5. The van der Waals surface area contributed by atoms with Gasteiger partial charge in [-0.1, -0.05) is 20.8 Å². The molecule has 0 aromatic rings. The monoisotopic (exact) mass is 298 g/mol. The third kappa shape index (κ3) is 5.36. The van der Waals surface area contributed by atoms with E-state index in [0.717, 1.165) is 6.42 Å². The van der Waals surface area contributed by atoms with Crippen molar-refractivity contribution in [1.82, 2.24) is 9.80 Å². The lowest BCUT2D eigenvalue weighted by Gasteiger charge is -2.28. The standard InChI is InChI=1S/C15H26N2O4/c1-15(2,3)14(20)17-9-5-8-16(10-11-17)12(18)6-7-13(19)21-4/h5-11H2,1-4H3. The molecule has 120 valence electrons. The molecule has 0 atom stereocenters. The molecule has 6 heteroatoms. The number of hydrogen-bond acceptors (Lipinski definition) is 4. The Balaban J connectivity index is 2.50. The zero-order chi connectivity index (χ0) is 16.0. The first-order valence-electron chi connectivity index (χ1n) is 7.39. The number of carbonyl (C=O) groups excluding carboxylic acids is 3. The lowest BCUT2D eigenvalue weighted by Crippen LogP contribution is -2.42. The van der Waals surface area contributed by atoms with Gasteiger partial charge in [0.25, 0.3) is 0 Å². The molecule has 0 aliphatic carbocycles. The number of ether oxygens (including phenoxy) is 1. The van der Waals surface area contributed by atoms with E-state index in [1.165, 1.54) is 7.11 Å². The van der Waals surface area contributed by atoms with Gasteiger partial charge in [0.2, 0.25) is 11.8 Å². The van der Waals surface area contributed by atoms with Crippen molar-refractivity contribution in [3.05, 3.63) is 0 Å². The molecule has 1 saturated heterocycles. The van der Waals surface area contributed by atoms with Gasteiger partial charge in [-0.15, -0.1) is 0 Å². The van der Waals surface area contributed by atoms with Crippen LogP contribution in [0, 0.1) is 5.41 Å². The molecule has 6 nitrogen and oxygen atoms in total. The molecule has 2 amide bonds. The smallest absolute Gasteiger partial charge is 0.306 e. The minimum Gasteiger partial charge on any atom is -0.469 e. The fourth-order valence-electron chi connectivity index (χ4n) is 2.31. The summed E-state index contributed by atoms with van der Waals surface area (Å²) >= 11 is 0. The summed E-state index contributed by atoms with van der Waals surface area (Å²) in [6.45, 7) is 8.10. The molecule has 0 aromatic heterocycles. The highest BCUT2D eigenvalue weighted by Crippen LogP contribution is 2.19. The molecule has 1 aliphatic rings. The zero-order valence-corrected chi connectivity index (χ0v) is 13.5. The first-order valence-corrected chi connectivity index (χ1v) is 7.39. The molecule has 1 rings (SSSR count). The van der Waals surface area contributed by atoms with Crippen LogP contribution in [0.15, 0.2) is 0 Å². The Morgan fingerprint density at radius 2 is 1.52 bits per heavy atom. The van der Waals surface area contributed by atoms with Gasteiger partial charge in [0, 0.05) is 38.0 Å². The summed E-state index contributed by atoms with van der Waals surface area (Å²) in [7, 11) is 1.31. The van der Waals surface area contributed by atoms with Gasteiger partial charge in [0.15, 0.2) is 0 Å². The van der Waals surface area contributed by atoms with Gasteiger partial charge in [-0.25, -0.2) is 0 Å². The molecule has 21 heavy (non-hydrogen) atoms. The molecule has 1 heterocycles. The summed E-state index contributed by atoms with van der Waals surface area (Å²) in [5.41, 5.74) is -0.399. The van der Waals surface area contributed by atoms with Crippen LogP contribution in [-0.2, 0) is 19.1 Å². The van der Waals surface area contributed by atoms with Crippen molar-refractivity contribution in [3.63, 3.8) is 0 Å². The number of hydrogen-bond donors (Lipinski definition) is 0. The van der Waals surface area contributed by atoms with E-state index in [4.69, 9.17) is 0 Å². The van der Waals surface area contributed by atoms with Crippen LogP contribution in [0.2, 0.25) is 0 Å². The first kappa shape index (κ1) is 17.5. The number of carbonyl (C=O) groups is 3. The van der Waals surface area contributed by atoms with Crippen molar-refractivity contribution in [2.75, 3.05) is 33.3 Å². The van der Waals surface area contributed by atoms with Crippen LogP contribution < -0.4 is 0 Å². The summed E-state index contributed by atoms with van der Waals surface area (Å²) in [4.78, 5) is 39.0. The second kappa shape index (κ2) is 7.43. The molecule has 0 N–H and O–H groups in total. The van der Waals surface area contributed by atoms with Gasteiger partial charge in [-0.3, -0.25) is 14.4 Å². The molecule has 1 aliphatic heterocycles. The molecule has 0 bridgehead atoms. The Morgan fingerprint density at radius 3 is 2.10 bits per heavy atom. The minimum absolute atomic E-state index is 0.0505. The molecule has 0 unspecified atom stereocenters. The van der Waals surface area contributed by atoms with Crippen LogP contribution >= 0.6 is 0 Å². The second-order valence-corrected chi connectivity index (χ2v) is 6.35. The van der Waals surface area contributed by atoms with Crippen molar-refractivity contribution in [3.8, 4) is 0 Å². The number of amides is 2. The maximum Gasteiger partial charge on any atom is 0.306 e. The van der Waals surface area contributed by atoms with E-state index >= 15 is 0 Å². The molecule has 0 aromatic carbocycles. The molecular formula is C15H26N2O4. The van der Waals surface area contributed by atoms with Crippen LogP contribution in [0.5, 0.6) is 0 Å². The number of methoxy groups -OCH3 is 1. The van der Waals surface area contributed by atoms with E-state index < -0.39 is 5.41 Å². The SMILES string of the molecule is COC(=O)CCC(=O)N1CCCN(C(=O)C(C)(C)C)CC1. The maximum absolute atomic E-state index is 12.3. The lowest BCUT2D eigenvalue weighted by molar-refractivity contribution is -0.143. The molecule has 0 saturated carbocycles. The third-order valence-corrected chi connectivity index (χ3v) is 3.55. The van der Waals surface area contributed by atoms with Crippen LogP contribution in [0.3, 0.4) is 0 Å². The molecular weight excluding hydrogens is 272 g/mol. The Bertz CT molecular complexity index is 401. The predicted molar refractivity (Wildman–Crippen MR) is 78.5 cm³/mol. The number of esters is 1. The van der Waals surface area contributed by atoms with Crippen LogP contribution in [-0.4, -0.2) is 60.9 Å². The first-order chi connectivity index (χ1) is 9.75. The van der Waals surface area contributed by atoms with E-state index in [1.54, 1.807) is 4.90 Å². The lowest BCUT2D eigenvalue weighted by atomic mass is 9.94. The fourth-order valence-corrected chi connectivity index (χ4v) is 2.31. The fraction of sp³-hybridized carbons (Fsp3) is 0.800. The van der Waals surface area contributed by atoms with Crippen molar-refractivity contribution < 1.29 is 19.1 Å². The Hall–Kier alpha value is -1.59. The quantitative estimate of drug-likeness (QED) is 0.730. The van der Waals surface area contributed by atoms with E-state index in [0.29, 0.717) is 26.2 Å². The van der Waals surface area contributed by atoms with E-state index in [2.05, 4.69) is 4.74 Å². The Labute approximate surface area is 126 Å². The minimum atomic E-state index is -0.399. The summed E-state index contributed by atoms with van der Waals surface area (Å²) < 4.78 is 4.54. The van der Waals surface area contributed by atoms with Crippen molar-refractivity contribution in [2.24, 2.45) is 5.41 Å². The van der Waals surface area contributed by atoms with Crippen LogP contribution in [0.4, 0.5) is 0 Å². The van der Waals surface area contributed by atoms with Crippen LogP contribution in [0.25, 0.3) is 0 Å². The summed E-state index contributed by atoms with van der Waals surface area (Å²) in [5, 5.41) is 0. The Kier molecular flexibility index (Phi) is 6.18. The molecule has 1 fully saturated rings. The van der Waals surface area contributed by atoms with Gasteiger partial charge in [-0.05, 0) is 6.42 Å². The van der Waals surface area contributed by atoms with Gasteiger partial charge in [0.05, 0.1) is 13.5 Å². The highest BCUT2D eigenvalue weighted by Gasteiger charge is 2.29. The second-order valence-electron chi connectivity index (χ2n) is 6.35. The van der Waals surface area contributed by atoms with Gasteiger partial charge in [0.1, 0.15) is 0 Å². The summed E-state index contributed by atoms with van der Waals surface area (Å²) in [6, 6.07) is 0. The van der Waals surface area contributed by atoms with Gasteiger partial charge < -0.3 is 14.5 Å². The molecule has 0 spiro atoms. The average Bonchev–Trinajstić information content (AvgIpc) is 2.68. The largest absolute Gasteiger partial charge is 0.469 e. The van der Waals surface area contributed by atoms with Crippen LogP contribution in [0.1, 0.15) is 40.0 Å². The normalized spacial score (nSPS) is 16.4. The average molecular weight is 298 g/mol. The predicted octanol–water partition coefficient (Wildman–Crippen LogP) is 1.05. The summed E-state index contributed by atoms with van der Waals surface area (Å²) in [6.07, 6.45) is 1.04. The van der Waals surface area contributed by atoms with Gasteiger partial charge >= 0.3 is 5.97 Å². The third-order valence-electron chi connectivity index (χ3n) is 3.55. The highest BCUT2D eigenvalue weighted by molar-refractivity contribution is 5.82. The van der Waals surface area contributed by atoms with Crippen molar-refractivity contribution in [2.45, 2.75) is 40.0 Å². The van der Waals surface area contributed by atoms with E-state index in [9.17, 15) is 14.4 Å². The number of rotatable bonds is 3. The summed E-state index contributed by atoms with van der Waals surface area (Å²) in [5.74, 6) is -0.306. The number of nitrogens with zero attached hydrogens (tertiary/aromatic N) is 2.